The third-order valence-corrected chi connectivity index (χ3v) is 3.43. The highest BCUT2D eigenvalue weighted by Crippen LogP contribution is 2.54. The van der Waals surface area contributed by atoms with E-state index < -0.39 is 0 Å². The van der Waals surface area contributed by atoms with Crippen LogP contribution in [0.15, 0.2) is 0 Å². The van der Waals surface area contributed by atoms with Gasteiger partial charge in [-0.3, -0.25) is 9.59 Å². The largest absolute Gasteiger partial charge is 0.469 e. The molecule has 0 aromatic heterocycles. The molecule has 2 fully saturated rings. The monoisotopic (exact) mass is 197 g/mol. The molecule has 2 rings (SSSR count). The summed E-state index contributed by atoms with van der Waals surface area (Å²) in [5.41, 5.74) is -0.261. The van der Waals surface area contributed by atoms with Crippen LogP contribution in [-0.2, 0) is 14.3 Å². The van der Waals surface area contributed by atoms with E-state index in [0.717, 1.165) is 19.3 Å². The Morgan fingerprint density at radius 1 is 1.57 bits per heavy atom. The Labute approximate surface area is 83.0 Å². The van der Waals surface area contributed by atoms with Gasteiger partial charge in [0.2, 0.25) is 5.91 Å². The third-order valence-electron chi connectivity index (χ3n) is 3.43. The highest BCUT2D eigenvalue weighted by Gasteiger charge is 2.56. The summed E-state index contributed by atoms with van der Waals surface area (Å²) in [7, 11) is 1.43. The third kappa shape index (κ3) is 1.38. The summed E-state index contributed by atoms with van der Waals surface area (Å²) < 4.78 is 4.81. The summed E-state index contributed by atoms with van der Waals surface area (Å²) in [5.74, 6) is 0.285. The van der Waals surface area contributed by atoms with Gasteiger partial charge in [-0.1, -0.05) is 0 Å². The Kier molecular flexibility index (Phi) is 2.21. The highest BCUT2D eigenvalue weighted by atomic mass is 16.5. The van der Waals surface area contributed by atoms with Crippen molar-refractivity contribution >= 4 is 11.9 Å². The highest BCUT2D eigenvalue weighted by molar-refractivity contribution is 5.81. The van der Waals surface area contributed by atoms with E-state index in [1.807, 2.05) is 0 Å². The second-order valence-electron chi connectivity index (χ2n) is 4.19. The van der Waals surface area contributed by atoms with Crippen LogP contribution in [0.3, 0.4) is 0 Å². The van der Waals surface area contributed by atoms with Crippen molar-refractivity contribution < 1.29 is 14.3 Å². The fourth-order valence-corrected chi connectivity index (χ4v) is 2.32. The van der Waals surface area contributed by atoms with Crippen molar-refractivity contribution in [2.24, 2.45) is 11.3 Å². The summed E-state index contributed by atoms with van der Waals surface area (Å²) >= 11 is 0. The lowest BCUT2D eigenvalue weighted by atomic mass is 9.83. The van der Waals surface area contributed by atoms with Crippen molar-refractivity contribution in [1.29, 1.82) is 0 Å². The summed E-state index contributed by atoms with van der Waals surface area (Å²) in [6.45, 7) is 0.633. The fourth-order valence-electron chi connectivity index (χ4n) is 2.32. The fraction of sp³-hybridized carbons (Fsp3) is 0.800. The number of rotatable bonds is 2. The molecule has 0 aromatic rings. The van der Waals surface area contributed by atoms with Crippen LogP contribution in [0.5, 0.6) is 0 Å². The predicted octanol–water partition coefficient (Wildman–Crippen LogP) is 0.466. The van der Waals surface area contributed by atoms with Gasteiger partial charge in [-0.15, -0.1) is 0 Å². The average Bonchev–Trinajstić information content (AvgIpc) is 2.99. The van der Waals surface area contributed by atoms with E-state index in [-0.39, 0.29) is 23.2 Å². The molecule has 2 aliphatic rings. The Balaban J connectivity index is 2.01. The molecule has 1 saturated heterocycles. The Bertz CT molecular complexity index is 261. The molecule has 0 radical (unpaired) electrons. The smallest absolute Gasteiger partial charge is 0.312 e. The zero-order valence-electron chi connectivity index (χ0n) is 8.34. The van der Waals surface area contributed by atoms with E-state index >= 15 is 0 Å². The number of carbonyl (C=O) groups excluding carboxylic acids is 2. The number of hydrogen-bond donors (Lipinski definition) is 1. The van der Waals surface area contributed by atoms with Gasteiger partial charge in [0.05, 0.1) is 12.5 Å². The lowest BCUT2D eigenvalue weighted by Gasteiger charge is -2.28. The van der Waals surface area contributed by atoms with Gasteiger partial charge in [-0.25, -0.2) is 0 Å². The number of ether oxygens (including phenoxy) is 1. The maximum atomic E-state index is 11.5. The lowest BCUT2D eigenvalue weighted by molar-refractivity contribution is -0.150. The van der Waals surface area contributed by atoms with E-state index in [1.54, 1.807) is 0 Å². The molecule has 14 heavy (non-hydrogen) atoms. The van der Waals surface area contributed by atoms with Crippen molar-refractivity contribution in [3.05, 3.63) is 0 Å². The summed E-state index contributed by atoms with van der Waals surface area (Å²) in [5, 5.41) is 2.81. The first-order valence-electron chi connectivity index (χ1n) is 5.04. The second kappa shape index (κ2) is 3.26. The summed E-state index contributed by atoms with van der Waals surface area (Å²) in [6.07, 6.45) is 3.20. The Morgan fingerprint density at radius 3 is 2.71 bits per heavy atom. The zero-order valence-corrected chi connectivity index (χ0v) is 8.34. The number of esters is 1. The normalized spacial score (nSPS) is 29.2. The van der Waals surface area contributed by atoms with Crippen LogP contribution in [-0.4, -0.2) is 25.5 Å². The molecule has 0 spiro atoms. The van der Waals surface area contributed by atoms with Crippen LogP contribution in [0.25, 0.3) is 0 Å². The number of carbonyl (C=O) groups is 2. The lowest BCUT2D eigenvalue weighted by Crippen LogP contribution is -2.41. The zero-order chi connectivity index (χ0) is 10.2. The van der Waals surface area contributed by atoms with E-state index in [9.17, 15) is 9.59 Å². The molecule has 1 atom stereocenters. The van der Waals surface area contributed by atoms with Crippen LogP contribution < -0.4 is 5.32 Å². The van der Waals surface area contributed by atoms with Gasteiger partial charge < -0.3 is 10.1 Å². The van der Waals surface area contributed by atoms with Gasteiger partial charge >= 0.3 is 5.97 Å². The van der Waals surface area contributed by atoms with Gasteiger partial charge in [0.1, 0.15) is 0 Å². The van der Waals surface area contributed by atoms with Gasteiger partial charge in [-0.2, -0.15) is 0 Å². The van der Waals surface area contributed by atoms with Crippen molar-refractivity contribution in [3.8, 4) is 0 Å². The first-order valence-corrected chi connectivity index (χ1v) is 5.04. The topological polar surface area (TPSA) is 55.4 Å². The van der Waals surface area contributed by atoms with E-state index in [1.165, 1.54) is 7.11 Å². The molecule has 1 saturated carbocycles. The average molecular weight is 197 g/mol. The summed E-state index contributed by atoms with van der Waals surface area (Å²) in [4.78, 5) is 22.5. The minimum atomic E-state index is -0.261. The van der Waals surface area contributed by atoms with Crippen LogP contribution in [0.1, 0.15) is 25.7 Å². The molecule has 4 heteroatoms. The molecule has 1 unspecified atom stereocenters. The van der Waals surface area contributed by atoms with Gasteiger partial charge in [-0.05, 0) is 25.2 Å². The van der Waals surface area contributed by atoms with E-state index in [2.05, 4.69) is 5.32 Å². The molecule has 1 aliphatic heterocycles. The van der Waals surface area contributed by atoms with Crippen LogP contribution >= 0.6 is 0 Å². The second-order valence-corrected chi connectivity index (χ2v) is 4.19. The minimum absolute atomic E-state index is 0.0985. The Hall–Kier alpha value is -1.06. The molecule has 4 nitrogen and oxygen atoms in total. The van der Waals surface area contributed by atoms with E-state index in [0.29, 0.717) is 13.0 Å². The summed E-state index contributed by atoms with van der Waals surface area (Å²) in [6, 6.07) is 0. The molecule has 0 aromatic carbocycles. The minimum Gasteiger partial charge on any atom is -0.469 e. The molecule has 78 valence electrons. The number of hydrogen-bond acceptors (Lipinski definition) is 3. The molecule has 1 amide bonds. The molecule has 1 heterocycles. The molecular weight excluding hydrogens is 182 g/mol. The maximum Gasteiger partial charge on any atom is 0.312 e. The number of amides is 1. The van der Waals surface area contributed by atoms with Crippen molar-refractivity contribution in [2.75, 3.05) is 13.7 Å². The first kappa shape index (κ1) is 9.49. The number of methoxy groups -OCH3 is 1. The van der Waals surface area contributed by atoms with Crippen molar-refractivity contribution in [2.45, 2.75) is 25.7 Å². The predicted molar refractivity (Wildman–Crippen MR) is 49.4 cm³/mol. The molecular formula is C10H15NO3. The van der Waals surface area contributed by atoms with Crippen molar-refractivity contribution in [3.63, 3.8) is 0 Å². The number of piperidine rings is 1. The van der Waals surface area contributed by atoms with Crippen molar-refractivity contribution in [1.82, 2.24) is 5.32 Å². The van der Waals surface area contributed by atoms with E-state index in [4.69, 9.17) is 4.74 Å². The number of nitrogens with one attached hydrogen (secondary N) is 1. The van der Waals surface area contributed by atoms with Crippen LogP contribution in [0.4, 0.5) is 0 Å². The maximum absolute atomic E-state index is 11.5. The Morgan fingerprint density at radius 2 is 2.29 bits per heavy atom. The van der Waals surface area contributed by atoms with Gasteiger partial charge in [0.15, 0.2) is 0 Å². The standard InChI is InChI=1S/C10H15NO3/c1-14-9(13)10(4-5-10)7-2-3-8(12)11-6-7/h7H,2-6H2,1H3,(H,11,12). The quantitative estimate of drug-likeness (QED) is 0.654. The SMILES string of the molecule is COC(=O)C1(C2CCC(=O)NC2)CC1. The van der Waals surface area contributed by atoms with Crippen LogP contribution in [0, 0.1) is 11.3 Å². The first-order chi connectivity index (χ1) is 6.69. The van der Waals surface area contributed by atoms with Crippen LogP contribution in [0.2, 0.25) is 0 Å². The van der Waals surface area contributed by atoms with Gasteiger partial charge in [0, 0.05) is 13.0 Å². The molecule has 1 N–H and O–H groups in total. The van der Waals surface area contributed by atoms with Gasteiger partial charge in [0.25, 0.3) is 0 Å². The molecule has 1 aliphatic carbocycles. The molecule has 0 bridgehead atoms.